The second-order valence-corrected chi connectivity index (χ2v) is 8.60. The molecule has 0 radical (unpaired) electrons. The van der Waals surface area contributed by atoms with E-state index in [9.17, 15) is 18.0 Å². The van der Waals surface area contributed by atoms with Gasteiger partial charge in [-0.2, -0.15) is 13.2 Å². The van der Waals surface area contributed by atoms with Gasteiger partial charge in [0.15, 0.2) is 5.69 Å². The Morgan fingerprint density at radius 1 is 1.43 bits per heavy atom. The van der Waals surface area contributed by atoms with Crippen LogP contribution in [0.15, 0.2) is 6.20 Å². The van der Waals surface area contributed by atoms with Crippen LogP contribution < -0.4 is 5.32 Å². The van der Waals surface area contributed by atoms with Gasteiger partial charge in [-0.05, 0) is 12.3 Å². The van der Waals surface area contributed by atoms with Crippen LogP contribution in [0, 0.1) is 5.92 Å². The van der Waals surface area contributed by atoms with Crippen molar-refractivity contribution in [2.45, 2.75) is 51.1 Å². The van der Waals surface area contributed by atoms with E-state index in [4.69, 9.17) is 0 Å². The van der Waals surface area contributed by atoms with Gasteiger partial charge >= 0.3 is 6.18 Å². The number of aryl methyl sites for hydroxylation is 1. The largest absolute Gasteiger partial charge is 0.434 e. The van der Waals surface area contributed by atoms with Gasteiger partial charge in [-0.25, -0.2) is 4.98 Å². The third-order valence-electron chi connectivity index (χ3n) is 3.60. The van der Waals surface area contributed by atoms with Crippen LogP contribution in [0.3, 0.4) is 0 Å². The molecule has 1 N–H and O–H groups in total. The molecule has 130 valence electrons. The normalized spacial score (nSPS) is 18.6. The first kappa shape index (κ1) is 18.2. The van der Waals surface area contributed by atoms with Gasteiger partial charge in [0.25, 0.3) is 0 Å². The fourth-order valence-corrected chi connectivity index (χ4v) is 3.08. The van der Waals surface area contributed by atoms with E-state index in [-0.39, 0.29) is 16.6 Å². The van der Waals surface area contributed by atoms with Crippen LogP contribution in [0.5, 0.6) is 0 Å². The molecule has 0 unspecified atom stereocenters. The maximum atomic E-state index is 12.7. The minimum atomic E-state index is -4.40. The van der Waals surface area contributed by atoms with E-state index in [1.807, 2.05) is 20.8 Å². The highest BCUT2D eigenvalue weighted by atomic mass is 32.2. The van der Waals surface area contributed by atoms with Crippen molar-refractivity contribution in [3.63, 3.8) is 0 Å². The first-order chi connectivity index (χ1) is 10.5. The SMILES string of the molecule is CC(C)(C)SCC(=O)NC[C@@H]1CCc2nc(C(F)(F)F)cn2C1. The lowest BCUT2D eigenvalue weighted by molar-refractivity contribution is -0.141. The maximum absolute atomic E-state index is 12.7. The van der Waals surface area contributed by atoms with Crippen molar-refractivity contribution in [3.8, 4) is 0 Å². The first-order valence-corrected chi connectivity index (χ1v) is 8.57. The molecule has 0 spiro atoms. The number of imidazole rings is 1. The number of fused-ring (bicyclic) bond motifs is 1. The van der Waals surface area contributed by atoms with Gasteiger partial charge in [0, 0.05) is 30.5 Å². The number of nitrogens with one attached hydrogen (secondary N) is 1. The maximum Gasteiger partial charge on any atom is 0.434 e. The van der Waals surface area contributed by atoms with Crippen molar-refractivity contribution in [3.05, 3.63) is 17.7 Å². The number of aromatic nitrogens is 2. The minimum absolute atomic E-state index is 0.0296. The Kier molecular flexibility index (Phi) is 5.33. The Labute approximate surface area is 138 Å². The molecule has 1 aliphatic rings. The van der Waals surface area contributed by atoms with E-state index < -0.39 is 11.9 Å². The molecule has 1 amide bonds. The molecule has 0 bridgehead atoms. The molecule has 1 aromatic heterocycles. The zero-order valence-corrected chi connectivity index (χ0v) is 14.4. The predicted molar refractivity (Wildman–Crippen MR) is 84.3 cm³/mol. The molecular formula is C15H22F3N3OS. The van der Waals surface area contributed by atoms with Gasteiger partial charge in [-0.1, -0.05) is 20.8 Å². The Hall–Kier alpha value is -1.18. The first-order valence-electron chi connectivity index (χ1n) is 7.58. The van der Waals surface area contributed by atoms with Crippen LogP contribution in [0.25, 0.3) is 0 Å². The monoisotopic (exact) mass is 349 g/mol. The van der Waals surface area contributed by atoms with Crippen molar-refractivity contribution >= 4 is 17.7 Å². The minimum Gasteiger partial charge on any atom is -0.355 e. The number of hydrogen-bond acceptors (Lipinski definition) is 3. The Balaban J connectivity index is 1.83. The Bertz CT molecular complexity index is 563. The predicted octanol–water partition coefficient (Wildman–Crippen LogP) is 3.11. The number of nitrogens with zero attached hydrogens (tertiary/aromatic N) is 2. The smallest absolute Gasteiger partial charge is 0.355 e. The quantitative estimate of drug-likeness (QED) is 0.909. The highest BCUT2D eigenvalue weighted by Crippen LogP contribution is 2.30. The van der Waals surface area contributed by atoms with Gasteiger partial charge in [0.1, 0.15) is 5.82 Å². The molecule has 0 saturated heterocycles. The topological polar surface area (TPSA) is 46.9 Å². The van der Waals surface area contributed by atoms with Crippen molar-refractivity contribution in [1.29, 1.82) is 0 Å². The highest BCUT2D eigenvalue weighted by Gasteiger charge is 2.35. The molecule has 2 rings (SSSR count). The summed E-state index contributed by atoms with van der Waals surface area (Å²) in [4.78, 5) is 15.5. The van der Waals surface area contributed by atoms with Crippen LogP contribution in [0.1, 0.15) is 38.7 Å². The summed E-state index contributed by atoms with van der Waals surface area (Å²) in [5.41, 5.74) is -0.834. The number of halogens is 3. The number of carbonyl (C=O) groups excluding carboxylic acids is 1. The van der Waals surface area contributed by atoms with Gasteiger partial charge < -0.3 is 9.88 Å². The van der Waals surface area contributed by atoms with E-state index >= 15 is 0 Å². The van der Waals surface area contributed by atoms with Gasteiger partial charge in [-0.3, -0.25) is 4.79 Å². The van der Waals surface area contributed by atoms with Crippen molar-refractivity contribution in [2.75, 3.05) is 12.3 Å². The van der Waals surface area contributed by atoms with Crippen LogP contribution >= 0.6 is 11.8 Å². The van der Waals surface area contributed by atoms with Gasteiger partial charge in [0.2, 0.25) is 5.91 Å². The molecule has 2 heterocycles. The molecule has 8 heteroatoms. The van der Waals surface area contributed by atoms with Crippen LogP contribution in [-0.2, 0) is 23.9 Å². The highest BCUT2D eigenvalue weighted by molar-refractivity contribution is 8.01. The van der Waals surface area contributed by atoms with Crippen molar-refractivity contribution in [1.82, 2.24) is 14.9 Å². The summed E-state index contributed by atoms with van der Waals surface area (Å²) in [5.74, 6) is 0.979. The number of rotatable bonds is 4. The molecule has 1 aromatic rings. The summed E-state index contributed by atoms with van der Waals surface area (Å²) in [5, 5.41) is 2.88. The average Bonchev–Trinajstić information content (AvgIpc) is 2.85. The zero-order valence-electron chi connectivity index (χ0n) is 13.5. The second kappa shape index (κ2) is 6.75. The fraction of sp³-hybridized carbons (Fsp3) is 0.733. The lowest BCUT2D eigenvalue weighted by Crippen LogP contribution is -2.35. The number of hydrogen-bond donors (Lipinski definition) is 1. The average molecular weight is 349 g/mol. The molecule has 1 aliphatic heterocycles. The van der Waals surface area contributed by atoms with E-state index in [0.717, 1.165) is 12.6 Å². The van der Waals surface area contributed by atoms with Crippen LogP contribution in [0.4, 0.5) is 13.2 Å². The summed E-state index contributed by atoms with van der Waals surface area (Å²) in [7, 11) is 0. The third kappa shape index (κ3) is 5.44. The van der Waals surface area contributed by atoms with E-state index in [2.05, 4.69) is 10.3 Å². The van der Waals surface area contributed by atoms with E-state index in [0.29, 0.717) is 31.1 Å². The Morgan fingerprint density at radius 2 is 2.13 bits per heavy atom. The van der Waals surface area contributed by atoms with E-state index in [1.54, 1.807) is 16.3 Å². The van der Waals surface area contributed by atoms with Crippen molar-refractivity contribution in [2.24, 2.45) is 5.92 Å². The molecule has 0 fully saturated rings. The molecule has 23 heavy (non-hydrogen) atoms. The summed E-state index contributed by atoms with van der Waals surface area (Å²) in [6.45, 7) is 7.09. The number of thioether (sulfide) groups is 1. The van der Waals surface area contributed by atoms with Crippen LogP contribution in [-0.4, -0.2) is 32.5 Å². The molecule has 0 saturated carbocycles. The number of carbonyl (C=O) groups is 1. The molecule has 4 nitrogen and oxygen atoms in total. The lowest BCUT2D eigenvalue weighted by atomic mass is 9.99. The van der Waals surface area contributed by atoms with E-state index in [1.165, 1.54) is 0 Å². The number of amides is 1. The van der Waals surface area contributed by atoms with Gasteiger partial charge in [-0.15, -0.1) is 11.8 Å². The molecule has 0 aliphatic carbocycles. The number of alkyl halides is 3. The van der Waals surface area contributed by atoms with Gasteiger partial charge in [0.05, 0.1) is 5.75 Å². The Morgan fingerprint density at radius 3 is 2.74 bits per heavy atom. The van der Waals surface area contributed by atoms with Crippen LogP contribution in [0.2, 0.25) is 0 Å². The molecular weight excluding hydrogens is 327 g/mol. The standard InChI is InChI=1S/C15H22F3N3OS/c1-14(2,3)23-9-13(22)19-6-10-4-5-12-20-11(15(16,17)18)8-21(12)7-10/h8,10H,4-7,9H2,1-3H3,(H,19,22)/t10-/m0/s1. The zero-order chi connectivity index (χ0) is 17.3. The summed E-state index contributed by atoms with van der Waals surface area (Å²) in [6, 6.07) is 0. The second-order valence-electron chi connectivity index (χ2n) is 6.80. The lowest BCUT2D eigenvalue weighted by Gasteiger charge is -2.24. The molecule has 1 atom stereocenters. The molecule has 0 aromatic carbocycles. The summed E-state index contributed by atoms with van der Waals surface area (Å²) in [6.07, 6.45) is -2.09. The van der Waals surface area contributed by atoms with Crippen molar-refractivity contribution < 1.29 is 18.0 Å². The fourth-order valence-electron chi connectivity index (χ4n) is 2.41. The third-order valence-corrected chi connectivity index (χ3v) is 4.88. The summed E-state index contributed by atoms with van der Waals surface area (Å²) >= 11 is 1.57. The summed E-state index contributed by atoms with van der Waals surface area (Å²) < 4.78 is 39.6.